The predicted octanol–water partition coefficient (Wildman–Crippen LogP) is 4.63. The molecule has 0 spiro atoms. The van der Waals surface area contributed by atoms with Gasteiger partial charge in [0.05, 0.1) is 12.5 Å². The van der Waals surface area contributed by atoms with Crippen LogP contribution in [0.5, 0.6) is 0 Å². The van der Waals surface area contributed by atoms with E-state index < -0.39 is 23.7 Å². The normalized spacial score (nSPS) is 12.5. The Morgan fingerprint density at radius 2 is 1.87 bits per heavy atom. The van der Waals surface area contributed by atoms with Gasteiger partial charge in [-0.1, -0.05) is 54.9 Å². The van der Waals surface area contributed by atoms with E-state index in [0.29, 0.717) is 17.9 Å². The Bertz CT molecular complexity index is 915. The number of ether oxygens (including phenoxy) is 1. The van der Waals surface area contributed by atoms with E-state index in [9.17, 15) is 9.59 Å². The molecule has 0 aromatic heterocycles. The van der Waals surface area contributed by atoms with Gasteiger partial charge in [-0.25, -0.2) is 5.53 Å². The molecular weight excluding hydrogens is 404 g/mol. The predicted molar refractivity (Wildman–Crippen MR) is 116 cm³/mol. The molecule has 0 heterocycles. The maximum Gasteiger partial charge on any atom is 0.308 e. The number of rotatable bonds is 8. The molecule has 7 nitrogen and oxygen atoms in total. The van der Waals surface area contributed by atoms with Crippen LogP contribution in [0.25, 0.3) is 11.1 Å². The largest absolute Gasteiger partial charge is 0.466 e. The lowest BCUT2D eigenvalue weighted by Gasteiger charge is -2.21. The Morgan fingerprint density at radius 1 is 1.17 bits per heavy atom. The number of nitrogens with one attached hydrogen (secondary N) is 3. The van der Waals surface area contributed by atoms with E-state index in [-0.39, 0.29) is 12.6 Å². The van der Waals surface area contributed by atoms with Crippen molar-refractivity contribution < 1.29 is 14.3 Å². The van der Waals surface area contributed by atoms with Crippen LogP contribution in [-0.2, 0) is 20.7 Å². The van der Waals surface area contributed by atoms with Crippen molar-refractivity contribution in [2.45, 2.75) is 32.7 Å². The summed E-state index contributed by atoms with van der Waals surface area (Å²) in [6.07, 6.45) is 0.794. The maximum atomic E-state index is 12.0. The molecule has 30 heavy (non-hydrogen) atoms. The number of hydrogen-bond acceptors (Lipinski definition) is 5. The molecule has 0 saturated carbocycles. The summed E-state index contributed by atoms with van der Waals surface area (Å²) in [5, 5.41) is 13.6. The molecule has 2 aromatic carbocycles. The lowest BCUT2D eigenvalue weighted by molar-refractivity contribution is -0.148. The number of nitrogens with zero attached hydrogens (tertiary/aromatic N) is 1. The zero-order valence-electron chi connectivity index (χ0n) is 16.9. The van der Waals surface area contributed by atoms with Gasteiger partial charge in [-0.05, 0) is 48.6 Å². The Hall–Kier alpha value is -3.06. The summed E-state index contributed by atoms with van der Waals surface area (Å²) in [5.41, 5.74) is 9.81. The average molecular weight is 429 g/mol. The molecule has 0 radical (unpaired) electrons. The first-order chi connectivity index (χ1) is 14.3. The first-order valence-corrected chi connectivity index (χ1v) is 10.00. The van der Waals surface area contributed by atoms with E-state index in [1.54, 1.807) is 13.8 Å². The van der Waals surface area contributed by atoms with E-state index in [0.717, 1.165) is 16.7 Å². The van der Waals surface area contributed by atoms with Crippen LogP contribution in [-0.4, -0.2) is 30.4 Å². The first-order valence-electron chi connectivity index (χ1n) is 9.62. The molecular formula is C22H25ClN4O3. The number of esters is 1. The van der Waals surface area contributed by atoms with E-state index in [2.05, 4.69) is 10.4 Å². The number of carbonyl (C=O) groups excluding carboxylic acids is 2. The summed E-state index contributed by atoms with van der Waals surface area (Å²) in [4.78, 5) is 24.0. The third-order valence-electron chi connectivity index (χ3n) is 4.58. The van der Waals surface area contributed by atoms with Crippen LogP contribution >= 0.6 is 11.6 Å². The van der Waals surface area contributed by atoms with Crippen LogP contribution in [0.3, 0.4) is 0 Å². The summed E-state index contributed by atoms with van der Waals surface area (Å²) in [6, 6.07) is 15.0. The molecule has 1 unspecified atom stereocenters. The smallest absolute Gasteiger partial charge is 0.308 e. The van der Waals surface area contributed by atoms with Crippen molar-refractivity contribution in [2.75, 3.05) is 6.61 Å². The summed E-state index contributed by atoms with van der Waals surface area (Å²) in [6.45, 7) is 3.76. The Labute approximate surface area is 180 Å². The molecule has 0 saturated heterocycles. The van der Waals surface area contributed by atoms with Crippen LogP contribution < -0.4 is 5.32 Å². The fraction of sp³-hybridized carbons (Fsp3) is 0.318. The minimum atomic E-state index is -0.749. The van der Waals surface area contributed by atoms with Gasteiger partial charge in [0.1, 0.15) is 0 Å². The zero-order chi connectivity index (χ0) is 22.1. The molecule has 158 valence electrons. The van der Waals surface area contributed by atoms with Crippen molar-refractivity contribution in [3.8, 4) is 11.1 Å². The Kier molecular flexibility index (Phi) is 8.68. The molecule has 0 aliphatic rings. The molecule has 3 N–H and O–H groups in total. The highest BCUT2D eigenvalue weighted by Crippen LogP contribution is 2.23. The van der Waals surface area contributed by atoms with Crippen molar-refractivity contribution in [2.24, 2.45) is 11.0 Å². The van der Waals surface area contributed by atoms with Crippen molar-refractivity contribution in [1.29, 1.82) is 10.9 Å². The molecule has 0 aliphatic carbocycles. The SMILES string of the molecule is CCOC(=O)[C@H](C)CC(Cc1ccc(-c2cccc(Cl)c2)cc1)NC(=O)C(=N)N=N. The van der Waals surface area contributed by atoms with Crippen LogP contribution in [0.4, 0.5) is 0 Å². The molecule has 2 atom stereocenters. The Balaban J connectivity index is 2.15. The number of amides is 1. The van der Waals surface area contributed by atoms with Gasteiger partial charge >= 0.3 is 5.97 Å². The van der Waals surface area contributed by atoms with Crippen molar-refractivity contribution >= 4 is 29.3 Å². The zero-order valence-corrected chi connectivity index (χ0v) is 17.7. The molecule has 8 heteroatoms. The van der Waals surface area contributed by atoms with Crippen molar-refractivity contribution in [3.63, 3.8) is 0 Å². The second kappa shape index (κ2) is 11.2. The average Bonchev–Trinajstić information content (AvgIpc) is 2.73. The van der Waals surface area contributed by atoms with Gasteiger partial charge in [0, 0.05) is 11.1 Å². The van der Waals surface area contributed by atoms with Crippen molar-refractivity contribution in [3.05, 3.63) is 59.1 Å². The number of amidine groups is 1. The van der Waals surface area contributed by atoms with Gasteiger partial charge in [0.15, 0.2) is 0 Å². The third kappa shape index (κ3) is 6.77. The molecule has 0 aliphatic heterocycles. The Morgan fingerprint density at radius 3 is 2.47 bits per heavy atom. The maximum absolute atomic E-state index is 12.0. The number of halogens is 1. The van der Waals surface area contributed by atoms with E-state index in [1.165, 1.54) is 0 Å². The molecule has 2 rings (SSSR count). The molecule has 0 fully saturated rings. The first kappa shape index (κ1) is 23.2. The highest BCUT2D eigenvalue weighted by molar-refractivity contribution is 6.36. The summed E-state index contributed by atoms with van der Waals surface area (Å²) >= 11 is 6.06. The fourth-order valence-corrected chi connectivity index (χ4v) is 3.28. The minimum Gasteiger partial charge on any atom is -0.466 e. The quantitative estimate of drug-likeness (QED) is 0.246. The van der Waals surface area contributed by atoms with Gasteiger partial charge < -0.3 is 10.1 Å². The van der Waals surface area contributed by atoms with Crippen LogP contribution in [0, 0.1) is 16.9 Å². The topological polar surface area (TPSA) is 115 Å². The minimum absolute atomic E-state index is 0.285. The summed E-state index contributed by atoms with van der Waals surface area (Å²) < 4.78 is 5.05. The van der Waals surface area contributed by atoms with Gasteiger partial charge in [-0.15, -0.1) is 5.11 Å². The van der Waals surface area contributed by atoms with E-state index >= 15 is 0 Å². The number of benzene rings is 2. The number of carbonyl (C=O) groups is 2. The van der Waals surface area contributed by atoms with E-state index in [1.807, 2.05) is 48.5 Å². The van der Waals surface area contributed by atoms with Gasteiger partial charge in [0.2, 0.25) is 5.84 Å². The van der Waals surface area contributed by atoms with E-state index in [4.69, 9.17) is 27.3 Å². The van der Waals surface area contributed by atoms with Gasteiger partial charge in [0.25, 0.3) is 5.91 Å². The number of hydrogen-bond donors (Lipinski definition) is 3. The second-order valence-corrected chi connectivity index (χ2v) is 7.37. The monoisotopic (exact) mass is 428 g/mol. The van der Waals surface area contributed by atoms with Gasteiger partial charge in [-0.3, -0.25) is 15.0 Å². The van der Waals surface area contributed by atoms with Crippen molar-refractivity contribution in [1.82, 2.24) is 5.32 Å². The standard InChI is InChI=1S/C22H25ClN4O3/c1-3-30-22(29)14(2)11-19(26-21(28)20(24)27-25)12-15-7-9-16(10-8-15)17-5-4-6-18(23)13-17/h4-10,13-14,19,24-25H,3,11-12H2,1-2H3,(H,26,28)/t14-,19?/m1/s1. The third-order valence-corrected chi connectivity index (χ3v) is 4.82. The van der Waals surface area contributed by atoms with Gasteiger partial charge in [-0.2, -0.15) is 0 Å². The summed E-state index contributed by atoms with van der Waals surface area (Å²) in [5.74, 6) is -2.20. The fourth-order valence-electron chi connectivity index (χ4n) is 3.09. The molecule has 2 aromatic rings. The van der Waals surface area contributed by atoms with Crippen LogP contribution in [0.2, 0.25) is 5.02 Å². The molecule has 0 bridgehead atoms. The van der Waals surface area contributed by atoms with Crippen LogP contribution in [0.15, 0.2) is 53.6 Å². The highest BCUT2D eigenvalue weighted by Gasteiger charge is 2.23. The summed E-state index contributed by atoms with van der Waals surface area (Å²) in [7, 11) is 0. The lowest BCUT2D eigenvalue weighted by atomic mass is 9.95. The highest BCUT2D eigenvalue weighted by atomic mass is 35.5. The van der Waals surface area contributed by atoms with Crippen LogP contribution in [0.1, 0.15) is 25.8 Å². The second-order valence-electron chi connectivity index (χ2n) is 6.93. The lowest BCUT2D eigenvalue weighted by Crippen LogP contribution is -2.41. The molecule has 1 amide bonds.